The van der Waals surface area contributed by atoms with Gasteiger partial charge in [-0.2, -0.15) is 0 Å². The molecule has 2 aromatic rings. The van der Waals surface area contributed by atoms with Crippen LogP contribution in [0.4, 0.5) is 4.79 Å². The molecule has 19 nitrogen and oxygen atoms in total. The molecule has 2 rings (SSSR count). The predicted octanol–water partition coefficient (Wildman–Crippen LogP) is 5.38. The van der Waals surface area contributed by atoms with Crippen molar-refractivity contribution < 1.29 is 67.9 Å². The Bertz CT molecular complexity index is 1860. The van der Waals surface area contributed by atoms with Gasteiger partial charge in [-0.05, 0) is 55.8 Å². The van der Waals surface area contributed by atoms with Crippen LogP contribution in [-0.2, 0) is 49.4 Å². The molecule has 0 saturated heterocycles. The second-order valence-electron chi connectivity index (χ2n) is 15.6. The van der Waals surface area contributed by atoms with E-state index in [1.807, 2.05) is 32.7 Å². The SMILES string of the molecule is CCCC(=O)OCN(C)[C@H](C[C@@H](OC(C)=O)c1nc(C(=O)C[C@@H](Cc2ccc(O)cc2)C[C@H](C)C(=O)NNC(=O)OCCSSC[C@H](NC(=O)[C@@H](C)CC(=O)O)C(=O)O)cs1)C(C)C. The Kier molecular flexibility index (Phi) is 24.8. The Balaban J connectivity index is 2.01. The van der Waals surface area contributed by atoms with Crippen molar-refractivity contribution in [1.29, 1.82) is 0 Å². The second-order valence-corrected chi connectivity index (χ2v) is 19.1. The Morgan fingerprint density at radius 1 is 0.891 bits per heavy atom. The van der Waals surface area contributed by atoms with Crippen LogP contribution < -0.4 is 16.2 Å². The summed E-state index contributed by atoms with van der Waals surface area (Å²) in [5.74, 6) is -6.49. The summed E-state index contributed by atoms with van der Waals surface area (Å²) in [5, 5.41) is 32.4. The summed E-state index contributed by atoms with van der Waals surface area (Å²) in [6.07, 6.45) is -0.288. The normalized spacial score (nSPS) is 14.0. The number of nitrogens with one attached hydrogen (secondary N) is 3. The number of phenols is 1. The maximum Gasteiger partial charge on any atom is 0.426 e. The number of carbonyl (C=O) groups is 8. The van der Waals surface area contributed by atoms with Crippen LogP contribution in [0.15, 0.2) is 29.6 Å². The summed E-state index contributed by atoms with van der Waals surface area (Å²) in [6, 6.07) is 5.05. The number of phenolic OH excluding ortho intramolecular Hbond substituents is 1. The zero-order chi connectivity index (χ0) is 47.9. The zero-order valence-electron chi connectivity index (χ0n) is 37.2. The molecule has 0 aliphatic rings. The lowest BCUT2D eigenvalue weighted by molar-refractivity contribution is -0.151. The van der Waals surface area contributed by atoms with Gasteiger partial charge < -0.3 is 34.8 Å². The molecule has 1 aromatic carbocycles. The molecule has 0 saturated carbocycles. The average Bonchev–Trinajstić information content (AvgIpc) is 3.72. The number of esters is 2. The highest BCUT2D eigenvalue weighted by molar-refractivity contribution is 8.76. The van der Waals surface area contributed by atoms with Crippen molar-refractivity contribution in [3.63, 3.8) is 0 Å². The number of benzene rings is 1. The van der Waals surface area contributed by atoms with Gasteiger partial charge >= 0.3 is 30.0 Å². The van der Waals surface area contributed by atoms with Gasteiger partial charge in [0.2, 0.25) is 11.8 Å². The van der Waals surface area contributed by atoms with Crippen LogP contribution in [0.2, 0.25) is 0 Å². The van der Waals surface area contributed by atoms with E-state index >= 15 is 0 Å². The first-order valence-electron chi connectivity index (χ1n) is 20.7. The molecule has 0 bridgehead atoms. The molecule has 64 heavy (non-hydrogen) atoms. The number of hydrazine groups is 1. The van der Waals surface area contributed by atoms with Crippen LogP contribution in [0, 0.1) is 23.7 Å². The summed E-state index contributed by atoms with van der Waals surface area (Å²) in [5.41, 5.74) is 5.50. The fourth-order valence-electron chi connectivity index (χ4n) is 6.33. The van der Waals surface area contributed by atoms with Gasteiger partial charge in [0.15, 0.2) is 11.9 Å². The third-order valence-corrected chi connectivity index (χ3v) is 13.0. The number of aromatic hydroxyl groups is 1. The number of ether oxygens (including phenoxy) is 3. The van der Waals surface area contributed by atoms with Gasteiger partial charge in [-0.3, -0.25) is 39.1 Å². The number of rotatable bonds is 29. The fourth-order valence-corrected chi connectivity index (χ4v) is 9.17. The lowest BCUT2D eigenvalue weighted by Gasteiger charge is -2.32. The van der Waals surface area contributed by atoms with E-state index in [1.165, 1.54) is 48.1 Å². The molecular formula is C42H61N5O14S3. The first kappa shape index (κ1) is 55.2. The van der Waals surface area contributed by atoms with E-state index < -0.39 is 66.2 Å². The van der Waals surface area contributed by atoms with Crippen molar-refractivity contribution in [2.75, 3.05) is 31.9 Å². The zero-order valence-corrected chi connectivity index (χ0v) is 39.6. The third-order valence-electron chi connectivity index (χ3n) is 9.68. The number of hydrogen-bond donors (Lipinski definition) is 6. The predicted molar refractivity (Wildman–Crippen MR) is 240 cm³/mol. The van der Waals surface area contributed by atoms with E-state index in [1.54, 1.807) is 24.4 Å². The second kappa shape index (κ2) is 28.8. The Morgan fingerprint density at radius 2 is 1.58 bits per heavy atom. The molecule has 0 fully saturated rings. The summed E-state index contributed by atoms with van der Waals surface area (Å²) < 4.78 is 16.2. The van der Waals surface area contributed by atoms with Gasteiger partial charge in [0, 0.05) is 60.9 Å². The fraction of sp³-hybridized carbons (Fsp3) is 0.595. The van der Waals surface area contributed by atoms with Gasteiger partial charge in [-0.1, -0.05) is 68.3 Å². The molecule has 0 radical (unpaired) electrons. The number of aromatic nitrogens is 1. The topological polar surface area (TPSA) is 277 Å². The molecular weight excluding hydrogens is 895 g/mol. The third kappa shape index (κ3) is 21.2. The number of carboxylic acid groups (broad SMARTS) is 2. The monoisotopic (exact) mass is 955 g/mol. The van der Waals surface area contributed by atoms with Crippen molar-refractivity contribution in [2.24, 2.45) is 23.7 Å². The smallest absolute Gasteiger partial charge is 0.426 e. The maximum absolute atomic E-state index is 13.8. The molecule has 1 aromatic heterocycles. The minimum Gasteiger partial charge on any atom is -0.508 e. The number of aliphatic carboxylic acids is 2. The number of carboxylic acids is 2. The largest absolute Gasteiger partial charge is 0.508 e. The average molecular weight is 956 g/mol. The Morgan fingerprint density at radius 3 is 2.19 bits per heavy atom. The number of ketones is 1. The standard InChI is InChI=1S/C42H61N5O14S3/c1-8-9-37(53)60-23-47(7)33(24(2)3)20-35(61-27(6)48)40-44-31(21-62-40)34(50)19-29(18-28-10-12-30(49)13-11-28)16-25(4)39(55)45-46-42(58)59-14-15-63-64-22-32(41(56)57)43-38(54)26(5)17-36(51)52/h10-13,21,24-26,29,32-33,35,49H,8-9,14-20,22-23H2,1-7H3,(H,43,54)(H,45,55)(H,46,58)(H,51,52)(H,56,57)/t25-,26-,29+,32-,33+,35+/m0/s1. The van der Waals surface area contributed by atoms with Crippen LogP contribution in [-0.4, -0.2) is 117 Å². The highest BCUT2D eigenvalue weighted by Gasteiger charge is 2.31. The van der Waals surface area contributed by atoms with E-state index in [0.717, 1.165) is 16.4 Å². The molecule has 1 heterocycles. The maximum atomic E-state index is 13.8. The van der Waals surface area contributed by atoms with Crippen molar-refractivity contribution >= 4 is 80.5 Å². The molecule has 0 aliphatic carbocycles. The minimum absolute atomic E-state index is 0.00500. The van der Waals surface area contributed by atoms with E-state index in [-0.39, 0.29) is 78.8 Å². The molecule has 3 amide bonds. The highest BCUT2D eigenvalue weighted by atomic mass is 33.1. The van der Waals surface area contributed by atoms with E-state index in [2.05, 4.69) is 21.2 Å². The number of Topliss-reactive ketones (excluding diaryl/α,β-unsaturated/α-hetero) is 1. The first-order chi connectivity index (χ1) is 30.2. The van der Waals surface area contributed by atoms with Crippen molar-refractivity contribution in [2.45, 2.75) is 105 Å². The van der Waals surface area contributed by atoms with Gasteiger partial charge in [0.1, 0.15) is 35.8 Å². The molecule has 356 valence electrons. The van der Waals surface area contributed by atoms with Crippen LogP contribution in [0.25, 0.3) is 0 Å². The molecule has 6 atom stereocenters. The summed E-state index contributed by atoms with van der Waals surface area (Å²) >= 11 is 1.18. The quantitative estimate of drug-likeness (QED) is 0.0114. The van der Waals surface area contributed by atoms with E-state index in [9.17, 15) is 48.6 Å². The minimum atomic E-state index is -1.29. The number of carbonyl (C=O) groups excluding carboxylic acids is 6. The van der Waals surface area contributed by atoms with Crippen LogP contribution in [0.5, 0.6) is 5.75 Å². The number of hydrogen-bond acceptors (Lipinski definition) is 17. The van der Waals surface area contributed by atoms with Crippen molar-refractivity contribution in [1.82, 2.24) is 26.1 Å². The lowest BCUT2D eigenvalue weighted by Crippen LogP contribution is -2.45. The molecule has 6 N–H and O–H groups in total. The molecule has 22 heteroatoms. The van der Waals surface area contributed by atoms with Crippen LogP contribution in [0.3, 0.4) is 0 Å². The Labute approximate surface area is 384 Å². The summed E-state index contributed by atoms with van der Waals surface area (Å²) in [7, 11) is 4.10. The number of nitrogens with zero attached hydrogens (tertiary/aromatic N) is 2. The Hall–Kier alpha value is -4.93. The molecule has 0 spiro atoms. The summed E-state index contributed by atoms with van der Waals surface area (Å²) in [4.78, 5) is 104. The molecule has 0 aliphatic heterocycles. The lowest BCUT2D eigenvalue weighted by atomic mass is 9.86. The van der Waals surface area contributed by atoms with Gasteiger partial charge in [0.25, 0.3) is 0 Å². The van der Waals surface area contributed by atoms with E-state index in [0.29, 0.717) is 30.7 Å². The van der Waals surface area contributed by atoms with Crippen molar-refractivity contribution in [3.8, 4) is 5.75 Å². The van der Waals surface area contributed by atoms with Gasteiger partial charge in [0.05, 0.1) is 6.42 Å². The van der Waals surface area contributed by atoms with E-state index in [4.69, 9.17) is 19.3 Å². The summed E-state index contributed by atoms with van der Waals surface area (Å²) in [6.45, 7) is 10.2. The van der Waals surface area contributed by atoms with Crippen LogP contribution in [0.1, 0.15) is 107 Å². The van der Waals surface area contributed by atoms with Gasteiger partial charge in [-0.25, -0.2) is 20.0 Å². The number of thiazole rings is 1. The number of amides is 3. The highest BCUT2D eigenvalue weighted by Crippen LogP contribution is 2.32. The van der Waals surface area contributed by atoms with Crippen LogP contribution >= 0.6 is 32.9 Å². The molecule has 0 unspecified atom stereocenters. The van der Waals surface area contributed by atoms with Crippen molar-refractivity contribution in [3.05, 3.63) is 45.9 Å². The first-order valence-corrected chi connectivity index (χ1v) is 24.1. The van der Waals surface area contributed by atoms with Gasteiger partial charge in [-0.15, -0.1) is 11.3 Å².